The van der Waals surface area contributed by atoms with E-state index in [1.165, 1.54) is 4.90 Å². The minimum absolute atomic E-state index is 0.0515. The number of carbonyl (C=O) groups excluding carboxylic acids is 2. The van der Waals surface area contributed by atoms with E-state index in [0.29, 0.717) is 0 Å². The number of ether oxygens (including phenoxy) is 1. The number of rotatable bonds is 2. The van der Waals surface area contributed by atoms with Crippen LogP contribution in [0.5, 0.6) is 0 Å². The molecule has 0 spiro atoms. The zero-order valence-electron chi connectivity index (χ0n) is 11.4. The van der Waals surface area contributed by atoms with Crippen molar-refractivity contribution in [2.75, 3.05) is 27.7 Å². The van der Waals surface area contributed by atoms with Gasteiger partial charge in [0.05, 0.1) is 6.04 Å². The van der Waals surface area contributed by atoms with E-state index in [9.17, 15) is 9.59 Å². The van der Waals surface area contributed by atoms with Crippen molar-refractivity contribution in [3.05, 3.63) is 35.9 Å². The van der Waals surface area contributed by atoms with Crippen LogP contribution < -0.4 is 0 Å². The van der Waals surface area contributed by atoms with Gasteiger partial charge < -0.3 is 14.5 Å². The number of hydrogen-bond donors (Lipinski definition) is 0. The first kappa shape index (κ1) is 13.5. The summed E-state index contributed by atoms with van der Waals surface area (Å²) in [5.74, 6) is -0.245. The Labute approximate surface area is 112 Å². The van der Waals surface area contributed by atoms with Crippen LogP contribution in [0.25, 0.3) is 0 Å². The topological polar surface area (TPSA) is 49.9 Å². The Morgan fingerprint density at radius 2 is 1.95 bits per heavy atom. The second-order valence-electron chi connectivity index (χ2n) is 4.82. The predicted molar refractivity (Wildman–Crippen MR) is 70.4 cm³/mol. The summed E-state index contributed by atoms with van der Waals surface area (Å²) in [5, 5.41) is 0. The number of amides is 2. The maximum atomic E-state index is 12.2. The molecule has 1 aliphatic rings. The molecule has 1 aromatic rings. The highest BCUT2D eigenvalue weighted by molar-refractivity contribution is 5.86. The van der Waals surface area contributed by atoms with Gasteiger partial charge in [0, 0.05) is 21.1 Å². The molecule has 0 radical (unpaired) electrons. The highest BCUT2D eigenvalue weighted by atomic mass is 16.5. The molecule has 1 saturated heterocycles. The monoisotopic (exact) mass is 262 g/mol. The molecule has 2 rings (SSSR count). The Morgan fingerprint density at radius 1 is 1.32 bits per heavy atom. The summed E-state index contributed by atoms with van der Waals surface area (Å²) in [7, 11) is 5.08. The second-order valence-corrected chi connectivity index (χ2v) is 4.82. The highest BCUT2D eigenvalue weighted by Crippen LogP contribution is 2.29. The Hall–Kier alpha value is -1.88. The maximum Gasteiger partial charge on any atom is 0.253 e. The Morgan fingerprint density at radius 3 is 2.53 bits per heavy atom. The smallest absolute Gasteiger partial charge is 0.253 e. The second kappa shape index (κ2) is 5.40. The van der Waals surface area contributed by atoms with Crippen molar-refractivity contribution < 1.29 is 14.3 Å². The molecule has 0 saturated carbocycles. The summed E-state index contributed by atoms with van der Waals surface area (Å²) >= 11 is 0. The van der Waals surface area contributed by atoms with Crippen molar-refractivity contribution >= 4 is 11.8 Å². The zero-order chi connectivity index (χ0) is 14.0. The van der Waals surface area contributed by atoms with Crippen LogP contribution in [0.1, 0.15) is 11.6 Å². The first-order valence-corrected chi connectivity index (χ1v) is 6.15. The Kier molecular flexibility index (Phi) is 3.85. The van der Waals surface area contributed by atoms with Crippen LogP contribution in [0, 0.1) is 0 Å². The summed E-state index contributed by atoms with van der Waals surface area (Å²) in [6.07, 6.45) is -0.653. The largest absolute Gasteiger partial charge is 0.356 e. The third kappa shape index (κ3) is 2.61. The van der Waals surface area contributed by atoms with Crippen LogP contribution in [-0.4, -0.2) is 55.5 Å². The maximum absolute atomic E-state index is 12.2. The van der Waals surface area contributed by atoms with Gasteiger partial charge in [-0.25, -0.2) is 0 Å². The average molecular weight is 262 g/mol. The lowest BCUT2D eigenvalue weighted by Crippen LogP contribution is -2.52. The lowest BCUT2D eigenvalue weighted by molar-refractivity contribution is -0.166. The van der Waals surface area contributed by atoms with E-state index < -0.39 is 6.10 Å². The van der Waals surface area contributed by atoms with Crippen LogP contribution in [0.3, 0.4) is 0 Å². The van der Waals surface area contributed by atoms with E-state index in [2.05, 4.69) is 0 Å². The van der Waals surface area contributed by atoms with E-state index in [4.69, 9.17) is 4.74 Å². The molecule has 0 unspecified atom stereocenters. The van der Waals surface area contributed by atoms with Gasteiger partial charge in [-0.2, -0.15) is 0 Å². The highest BCUT2D eigenvalue weighted by Gasteiger charge is 2.40. The predicted octanol–water partition coefficient (Wildman–Crippen LogP) is 0.673. The van der Waals surface area contributed by atoms with Crippen LogP contribution in [0.2, 0.25) is 0 Å². The van der Waals surface area contributed by atoms with Gasteiger partial charge in [-0.15, -0.1) is 0 Å². The standard InChI is InChI=1S/C14H18N2O3/c1-15(2)14(18)13-12(10-7-5-4-6-8-10)16(3)11(17)9-19-13/h4-8,12-13H,9H2,1-3H3/t12-,13+/m0/s1. The van der Waals surface area contributed by atoms with Gasteiger partial charge >= 0.3 is 0 Å². The molecule has 1 aliphatic heterocycles. The first-order valence-electron chi connectivity index (χ1n) is 6.15. The quantitative estimate of drug-likeness (QED) is 0.787. The van der Waals surface area contributed by atoms with Crippen LogP contribution in [-0.2, 0) is 14.3 Å². The van der Waals surface area contributed by atoms with E-state index >= 15 is 0 Å². The van der Waals surface area contributed by atoms with Gasteiger partial charge in [-0.3, -0.25) is 9.59 Å². The molecule has 2 atom stereocenters. The molecule has 5 heteroatoms. The average Bonchev–Trinajstić information content (AvgIpc) is 2.41. The van der Waals surface area contributed by atoms with Crippen molar-refractivity contribution in [2.45, 2.75) is 12.1 Å². The van der Waals surface area contributed by atoms with E-state index in [-0.39, 0.29) is 24.5 Å². The summed E-state index contributed by atoms with van der Waals surface area (Å²) in [4.78, 5) is 27.1. The SMILES string of the molecule is CN(C)C(=O)[C@@H]1OCC(=O)N(C)[C@H]1c1ccccc1. The van der Waals surface area contributed by atoms with Crippen molar-refractivity contribution in [1.29, 1.82) is 0 Å². The fraction of sp³-hybridized carbons (Fsp3) is 0.429. The normalized spacial score (nSPS) is 23.3. The molecule has 0 aromatic heterocycles. The molecular weight excluding hydrogens is 244 g/mol. The Bertz CT molecular complexity index is 473. The summed E-state index contributed by atoms with van der Waals surface area (Å²) in [5.41, 5.74) is 0.901. The molecule has 19 heavy (non-hydrogen) atoms. The van der Waals surface area contributed by atoms with Gasteiger partial charge in [0.2, 0.25) is 5.91 Å². The van der Waals surface area contributed by atoms with Gasteiger partial charge in [0.15, 0.2) is 6.10 Å². The number of carbonyl (C=O) groups is 2. The van der Waals surface area contributed by atoms with Crippen LogP contribution in [0.15, 0.2) is 30.3 Å². The third-order valence-electron chi connectivity index (χ3n) is 3.31. The molecule has 0 bridgehead atoms. The van der Waals surface area contributed by atoms with Gasteiger partial charge in [-0.05, 0) is 5.56 Å². The minimum Gasteiger partial charge on any atom is -0.356 e. The van der Waals surface area contributed by atoms with E-state index in [1.54, 1.807) is 26.0 Å². The van der Waals surface area contributed by atoms with Crippen molar-refractivity contribution in [2.24, 2.45) is 0 Å². The number of nitrogens with zero attached hydrogens (tertiary/aromatic N) is 2. The lowest BCUT2D eigenvalue weighted by atomic mass is 9.97. The number of likely N-dealkylation sites (N-methyl/N-ethyl adjacent to an activating group) is 2. The van der Waals surface area contributed by atoms with Crippen molar-refractivity contribution in [3.63, 3.8) is 0 Å². The zero-order valence-corrected chi connectivity index (χ0v) is 11.4. The molecule has 0 N–H and O–H groups in total. The molecular formula is C14H18N2O3. The summed E-state index contributed by atoms with van der Waals surface area (Å²) in [6, 6.07) is 9.10. The van der Waals surface area contributed by atoms with Gasteiger partial charge in [0.25, 0.3) is 5.91 Å². The first-order chi connectivity index (χ1) is 9.02. The van der Waals surface area contributed by atoms with Gasteiger partial charge in [-0.1, -0.05) is 30.3 Å². The fourth-order valence-corrected chi connectivity index (χ4v) is 2.22. The summed E-state index contributed by atoms with van der Waals surface area (Å²) < 4.78 is 5.47. The summed E-state index contributed by atoms with van der Waals surface area (Å²) in [6.45, 7) is -0.0515. The molecule has 5 nitrogen and oxygen atoms in total. The molecule has 2 amide bonds. The molecule has 1 fully saturated rings. The molecule has 1 heterocycles. The third-order valence-corrected chi connectivity index (χ3v) is 3.31. The van der Waals surface area contributed by atoms with Crippen LogP contribution in [0.4, 0.5) is 0 Å². The van der Waals surface area contributed by atoms with Crippen molar-refractivity contribution in [3.8, 4) is 0 Å². The van der Waals surface area contributed by atoms with E-state index in [0.717, 1.165) is 5.56 Å². The fourth-order valence-electron chi connectivity index (χ4n) is 2.22. The number of hydrogen-bond acceptors (Lipinski definition) is 3. The van der Waals surface area contributed by atoms with Crippen LogP contribution >= 0.6 is 0 Å². The van der Waals surface area contributed by atoms with Crippen molar-refractivity contribution in [1.82, 2.24) is 9.80 Å². The van der Waals surface area contributed by atoms with E-state index in [1.807, 2.05) is 30.3 Å². The molecule has 1 aromatic carbocycles. The molecule has 0 aliphatic carbocycles. The van der Waals surface area contributed by atoms with Gasteiger partial charge in [0.1, 0.15) is 6.61 Å². The minimum atomic E-state index is -0.653. The Balaban J connectivity index is 2.36. The lowest BCUT2D eigenvalue weighted by Gasteiger charge is -2.39. The number of morpholine rings is 1. The molecule has 102 valence electrons. The number of benzene rings is 1.